The average Bonchev–Trinajstić information content (AvgIpc) is 3.17. The van der Waals surface area contributed by atoms with E-state index in [1.54, 1.807) is 11.3 Å². The summed E-state index contributed by atoms with van der Waals surface area (Å²) >= 11 is 1.79. The molecule has 0 atom stereocenters. The molecular formula is C22H29N5S. The monoisotopic (exact) mass is 395 g/mol. The summed E-state index contributed by atoms with van der Waals surface area (Å²) in [5.74, 6) is 0.730. The first-order valence-electron chi connectivity index (χ1n) is 10.2. The minimum atomic E-state index is 0.730. The molecule has 148 valence electrons. The molecule has 0 unspecified atom stereocenters. The molecule has 0 amide bonds. The molecule has 0 radical (unpaired) electrons. The molecule has 6 heteroatoms. The third kappa shape index (κ3) is 4.51. The first-order chi connectivity index (χ1) is 13.7. The van der Waals surface area contributed by atoms with E-state index in [9.17, 15) is 0 Å². The molecule has 1 aromatic carbocycles. The second-order valence-corrected chi connectivity index (χ2v) is 8.51. The van der Waals surface area contributed by atoms with Crippen LogP contribution in [-0.4, -0.2) is 65.6 Å². The third-order valence-corrected chi connectivity index (χ3v) is 6.60. The molecule has 1 aliphatic heterocycles. The normalized spacial score (nSPS) is 15.9. The van der Waals surface area contributed by atoms with Crippen LogP contribution in [0.15, 0.2) is 36.5 Å². The van der Waals surface area contributed by atoms with Crippen LogP contribution < -0.4 is 5.32 Å². The number of thiophene rings is 1. The smallest absolute Gasteiger partial charge is 0.223 e. The SMILES string of the molecule is CCN1CCN(CCCNc2ncc(C)c(-c3cc4ccccc4s3)n2)CC1. The number of fused-ring (bicyclic) bond motifs is 1. The molecule has 3 aromatic rings. The zero-order valence-electron chi connectivity index (χ0n) is 16.8. The van der Waals surface area contributed by atoms with Gasteiger partial charge in [-0.1, -0.05) is 25.1 Å². The van der Waals surface area contributed by atoms with Crippen molar-refractivity contribution in [3.05, 3.63) is 42.1 Å². The van der Waals surface area contributed by atoms with E-state index in [0.29, 0.717) is 0 Å². The zero-order chi connectivity index (χ0) is 19.3. The van der Waals surface area contributed by atoms with Gasteiger partial charge in [0.1, 0.15) is 0 Å². The van der Waals surface area contributed by atoms with Crippen LogP contribution in [0.4, 0.5) is 5.95 Å². The zero-order valence-corrected chi connectivity index (χ0v) is 17.6. The fourth-order valence-electron chi connectivity index (χ4n) is 3.71. The second-order valence-electron chi connectivity index (χ2n) is 7.43. The molecule has 0 saturated carbocycles. The van der Waals surface area contributed by atoms with Gasteiger partial charge in [0.05, 0.1) is 10.6 Å². The number of benzene rings is 1. The number of rotatable bonds is 7. The van der Waals surface area contributed by atoms with Crippen LogP contribution in [0.1, 0.15) is 18.9 Å². The van der Waals surface area contributed by atoms with Crippen molar-refractivity contribution in [2.45, 2.75) is 20.3 Å². The van der Waals surface area contributed by atoms with E-state index in [-0.39, 0.29) is 0 Å². The predicted octanol–water partition coefficient (Wildman–Crippen LogP) is 4.11. The highest BCUT2D eigenvalue weighted by molar-refractivity contribution is 7.22. The van der Waals surface area contributed by atoms with E-state index in [1.807, 2.05) is 6.20 Å². The fraction of sp³-hybridized carbons (Fsp3) is 0.455. The average molecular weight is 396 g/mol. The maximum Gasteiger partial charge on any atom is 0.223 e. The fourth-order valence-corrected chi connectivity index (χ4v) is 4.82. The van der Waals surface area contributed by atoms with Gasteiger partial charge >= 0.3 is 0 Å². The summed E-state index contributed by atoms with van der Waals surface area (Å²) in [5.41, 5.74) is 2.15. The summed E-state index contributed by atoms with van der Waals surface area (Å²) in [5, 5.41) is 4.70. The Morgan fingerprint density at radius 3 is 2.68 bits per heavy atom. The van der Waals surface area contributed by atoms with Crippen LogP contribution in [0.5, 0.6) is 0 Å². The lowest BCUT2D eigenvalue weighted by Gasteiger charge is -2.33. The van der Waals surface area contributed by atoms with Gasteiger partial charge in [-0.3, -0.25) is 0 Å². The van der Waals surface area contributed by atoms with Crippen molar-refractivity contribution < 1.29 is 0 Å². The lowest BCUT2D eigenvalue weighted by molar-refractivity contribution is 0.137. The van der Waals surface area contributed by atoms with Crippen molar-refractivity contribution in [2.24, 2.45) is 0 Å². The summed E-state index contributed by atoms with van der Waals surface area (Å²) in [6.07, 6.45) is 3.04. The van der Waals surface area contributed by atoms with E-state index >= 15 is 0 Å². The van der Waals surface area contributed by atoms with Crippen LogP contribution in [0, 0.1) is 6.92 Å². The summed E-state index contributed by atoms with van der Waals surface area (Å²) in [4.78, 5) is 15.6. The molecule has 1 N–H and O–H groups in total. The van der Waals surface area contributed by atoms with Gasteiger partial charge in [-0.15, -0.1) is 11.3 Å². The van der Waals surface area contributed by atoms with Gasteiger partial charge in [0, 0.05) is 43.6 Å². The summed E-state index contributed by atoms with van der Waals surface area (Å²) < 4.78 is 1.30. The van der Waals surface area contributed by atoms with Crippen LogP contribution in [0.2, 0.25) is 0 Å². The van der Waals surface area contributed by atoms with Gasteiger partial charge in [0.2, 0.25) is 5.95 Å². The minimum absolute atomic E-state index is 0.730. The van der Waals surface area contributed by atoms with E-state index < -0.39 is 0 Å². The Bertz CT molecular complexity index is 881. The van der Waals surface area contributed by atoms with E-state index in [2.05, 4.69) is 64.3 Å². The molecule has 4 rings (SSSR count). The number of hydrogen-bond donors (Lipinski definition) is 1. The number of anilines is 1. The van der Waals surface area contributed by atoms with E-state index in [0.717, 1.165) is 36.7 Å². The van der Waals surface area contributed by atoms with Crippen LogP contribution in [-0.2, 0) is 0 Å². The molecule has 28 heavy (non-hydrogen) atoms. The van der Waals surface area contributed by atoms with Crippen molar-refractivity contribution in [1.82, 2.24) is 19.8 Å². The lowest BCUT2D eigenvalue weighted by atomic mass is 10.2. The number of hydrogen-bond acceptors (Lipinski definition) is 6. The molecule has 1 saturated heterocycles. The maximum absolute atomic E-state index is 4.81. The minimum Gasteiger partial charge on any atom is -0.354 e. The molecule has 3 heterocycles. The van der Waals surface area contributed by atoms with E-state index in [1.165, 1.54) is 47.7 Å². The standard InChI is InChI=1S/C22H29N5S/c1-3-26-11-13-27(14-12-26)10-6-9-23-22-24-16-17(2)21(25-22)20-15-18-7-4-5-8-19(18)28-20/h4-5,7-8,15-16H,3,6,9-14H2,1-2H3,(H,23,24,25). The van der Waals surface area contributed by atoms with Crippen LogP contribution >= 0.6 is 11.3 Å². The Labute approximate surface area is 171 Å². The lowest BCUT2D eigenvalue weighted by Crippen LogP contribution is -2.46. The summed E-state index contributed by atoms with van der Waals surface area (Å²) in [7, 11) is 0. The number of nitrogens with zero attached hydrogens (tertiary/aromatic N) is 4. The quantitative estimate of drug-likeness (QED) is 0.610. The second kappa shape index (κ2) is 8.99. The number of likely N-dealkylation sites (N-methyl/N-ethyl adjacent to an activating group) is 1. The molecule has 0 bridgehead atoms. The molecule has 2 aromatic heterocycles. The number of piperazine rings is 1. The van der Waals surface area contributed by atoms with Crippen LogP contribution in [0.25, 0.3) is 20.7 Å². The number of aryl methyl sites for hydroxylation is 1. The molecule has 1 aliphatic rings. The predicted molar refractivity (Wildman–Crippen MR) is 119 cm³/mol. The Morgan fingerprint density at radius 1 is 1.11 bits per heavy atom. The number of aromatic nitrogens is 2. The molecule has 0 aliphatic carbocycles. The van der Waals surface area contributed by atoms with Gasteiger partial charge in [0.15, 0.2) is 0 Å². The first-order valence-corrected chi connectivity index (χ1v) is 11.1. The maximum atomic E-state index is 4.81. The van der Waals surface area contributed by atoms with Crippen molar-refractivity contribution in [2.75, 3.05) is 51.1 Å². The van der Waals surface area contributed by atoms with Crippen molar-refractivity contribution in [3.8, 4) is 10.6 Å². The highest BCUT2D eigenvalue weighted by Gasteiger charge is 2.15. The molecule has 1 fully saturated rings. The van der Waals surface area contributed by atoms with Gasteiger partial charge in [0.25, 0.3) is 0 Å². The Kier molecular flexibility index (Phi) is 6.20. The van der Waals surface area contributed by atoms with Crippen molar-refractivity contribution in [3.63, 3.8) is 0 Å². The molecule has 0 spiro atoms. The summed E-state index contributed by atoms with van der Waals surface area (Å²) in [6, 6.07) is 10.7. The van der Waals surface area contributed by atoms with Crippen molar-refractivity contribution in [1.29, 1.82) is 0 Å². The first kappa shape index (κ1) is 19.3. The highest BCUT2D eigenvalue weighted by Crippen LogP contribution is 2.34. The van der Waals surface area contributed by atoms with Gasteiger partial charge in [-0.05, 0) is 49.5 Å². The molecular weight excluding hydrogens is 366 g/mol. The third-order valence-electron chi connectivity index (χ3n) is 5.48. The molecule has 5 nitrogen and oxygen atoms in total. The van der Waals surface area contributed by atoms with Crippen molar-refractivity contribution >= 4 is 27.4 Å². The van der Waals surface area contributed by atoms with Gasteiger partial charge < -0.3 is 15.1 Å². The van der Waals surface area contributed by atoms with Gasteiger partial charge in [-0.2, -0.15) is 0 Å². The van der Waals surface area contributed by atoms with E-state index in [4.69, 9.17) is 4.98 Å². The summed E-state index contributed by atoms with van der Waals surface area (Å²) in [6.45, 7) is 12.3. The van der Waals surface area contributed by atoms with Crippen LogP contribution in [0.3, 0.4) is 0 Å². The Hall–Kier alpha value is -2.02. The Balaban J connectivity index is 1.34. The highest BCUT2D eigenvalue weighted by atomic mass is 32.1. The largest absolute Gasteiger partial charge is 0.354 e. The van der Waals surface area contributed by atoms with Gasteiger partial charge in [-0.25, -0.2) is 9.97 Å². The topological polar surface area (TPSA) is 44.3 Å². The Morgan fingerprint density at radius 2 is 1.89 bits per heavy atom. The number of nitrogens with one attached hydrogen (secondary N) is 1.